The Balaban J connectivity index is 4.27. The molecule has 0 aromatic carbocycles. The van der Waals surface area contributed by atoms with Crippen molar-refractivity contribution in [3.8, 4) is 0 Å². The number of carbonyl (C=O) groups is 2. The molecule has 0 aliphatic rings. The van der Waals surface area contributed by atoms with E-state index in [0.717, 1.165) is 0 Å². The number of methoxy groups -OCH3 is 1. The molecule has 0 fully saturated rings. The van der Waals surface area contributed by atoms with Crippen LogP contribution in [0.25, 0.3) is 0 Å². The fraction of sp³-hybridized carbons (Fsp3) is 0.600. The zero-order valence-electron chi connectivity index (χ0n) is 9.61. The van der Waals surface area contributed by atoms with E-state index in [-0.39, 0.29) is 24.3 Å². The van der Waals surface area contributed by atoms with Crippen LogP contribution in [0.4, 0.5) is 0 Å². The predicted octanol–water partition coefficient (Wildman–Crippen LogP) is -0.469. The van der Waals surface area contributed by atoms with Crippen molar-refractivity contribution >= 4 is 11.9 Å². The lowest BCUT2D eigenvalue weighted by atomic mass is 10.1. The van der Waals surface area contributed by atoms with Crippen LogP contribution in [0.3, 0.4) is 0 Å². The summed E-state index contributed by atoms with van der Waals surface area (Å²) in [5.41, 5.74) is 0.107. The van der Waals surface area contributed by atoms with E-state index in [1.165, 1.54) is 21.0 Å². The van der Waals surface area contributed by atoms with Gasteiger partial charge in [-0.25, -0.2) is 4.79 Å². The minimum Gasteiger partial charge on any atom is -0.478 e. The lowest BCUT2D eigenvalue weighted by Crippen LogP contribution is -2.35. The van der Waals surface area contributed by atoms with Gasteiger partial charge in [0.1, 0.15) is 0 Å². The van der Waals surface area contributed by atoms with Crippen molar-refractivity contribution in [1.82, 2.24) is 5.32 Å². The topological polar surface area (TPSA) is 95.9 Å². The van der Waals surface area contributed by atoms with Gasteiger partial charge in [0.05, 0.1) is 12.7 Å². The highest BCUT2D eigenvalue weighted by atomic mass is 16.5. The second kappa shape index (κ2) is 6.97. The molecule has 1 unspecified atom stereocenters. The molecular weight excluding hydrogens is 214 g/mol. The van der Waals surface area contributed by atoms with Crippen molar-refractivity contribution in [2.75, 3.05) is 20.3 Å². The maximum absolute atomic E-state index is 11.4. The van der Waals surface area contributed by atoms with Gasteiger partial charge >= 0.3 is 5.97 Å². The molecule has 6 heteroatoms. The van der Waals surface area contributed by atoms with Crippen molar-refractivity contribution in [3.05, 3.63) is 11.1 Å². The maximum atomic E-state index is 11.4. The zero-order valence-corrected chi connectivity index (χ0v) is 9.61. The molecule has 0 saturated heterocycles. The van der Waals surface area contributed by atoms with Crippen LogP contribution in [-0.2, 0) is 14.3 Å². The van der Waals surface area contributed by atoms with E-state index in [0.29, 0.717) is 0 Å². The third-order valence-electron chi connectivity index (χ3n) is 2.08. The van der Waals surface area contributed by atoms with E-state index in [1.807, 2.05) is 0 Å². The van der Waals surface area contributed by atoms with Crippen molar-refractivity contribution < 1.29 is 24.5 Å². The molecule has 0 saturated carbocycles. The number of ether oxygens (including phenoxy) is 1. The Morgan fingerprint density at radius 2 is 1.88 bits per heavy atom. The number of hydrogen-bond donors (Lipinski definition) is 3. The van der Waals surface area contributed by atoms with Gasteiger partial charge in [0.2, 0.25) is 5.91 Å². The van der Waals surface area contributed by atoms with Gasteiger partial charge in [0, 0.05) is 24.8 Å². The lowest BCUT2D eigenvalue weighted by Gasteiger charge is -2.11. The van der Waals surface area contributed by atoms with Gasteiger partial charge in [-0.05, 0) is 13.8 Å². The Morgan fingerprint density at radius 3 is 2.31 bits per heavy atom. The quantitative estimate of drug-likeness (QED) is 0.537. The van der Waals surface area contributed by atoms with Crippen LogP contribution in [0.1, 0.15) is 13.8 Å². The Hall–Kier alpha value is -1.40. The van der Waals surface area contributed by atoms with E-state index in [4.69, 9.17) is 5.11 Å². The van der Waals surface area contributed by atoms with Gasteiger partial charge in [-0.3, -0.25) is 4.79 Å². The number of amides is 1. The summed E-state index contributed by atoms with van der Waals surface area (Å²) >= 11 is 0. The molecular formula is C10H17NO5. The molecule has 1 amide bonds. The number of hydrogen-bond acceptors (Lipinski definition) is 4. The molecule has 3 N–H and O–H groups in total. The van der Waals surface area contributed by atoms with Crippen molar-refractivity contribution in [3.63, 3.8) is 0 Å². The number of carboxylic acids is 1. The van der Waals surface area contributed by atoms with Gasteiger partial charge in [-0.2, -0.15) is 0 Å². The Morgan fingerprint density at radius 1 is 1.31 bits per heavy atom. The van der Waals surface area contributed by atoms with E-state index in [9.17, 15) is 14.7 Å². The summed E-state index contributed by atoms with van der Waals surface area (Å²) in [5.74, 6) is -1.64. The fourth-order valence-corrected chi connectivity index (χ4v) is 0.925. The Kier molecular flexibility index (Phi) is 6.36. The van der Waals surface area contributed by atoms with Crippen molar-refractivity contribution in [2.45, 2.75) is 20.0 Å². The number of nitrogens with one attached hydrogen (secondary N) is 1. The second-order valence-electron chi connectivity index (χ2n) is 3.37. The van der Waals surface area contributed by atoms with Crippen LogP contribution in [-0.4, -0.2) is 48.5 Å². The number of aliphatic hydroxyl groups excluding tert-OH is 1. The first kappa shape index (κ1) is 14.6. The summed E-state index contributed by atoms with van der Waals surface area (Å²) in [6.07, 6.45) is -0.799. The molecule has 92 valence electrons. The van der Waals surface area contributed by atoms with Crippen molar-refractivity contribution in [1.29, 1.82) is 0 Å². The molecule has 0 aromatic heterocycles. The van der Waals surface area contributed by atoms with Crippen LogP contribution in [0.15, 0.2) is 11.1 Å². The summed E-state index contributed by atoms with van der Waals surface area (Å²) < 4.78 is 4.67. The lowest BCUT2D eigenvalue weighted by molar-refractivity contribution is -0.133. The summed E-state index contributed by atoms with van der Waals surface area (Å²) in [7, 11) is 1.44. The van der Waals surface area contributed by atoms with Gasteiger partial charge in [-0.1, -0.05) is 0 Å². The highest BCUT2D eigenvalue weighted by molar-refractivity contribution is 6.01. The number of aliphatic carboxylic acids is 1. The fourth-order valence-electron chi connectivity index (χ4n) is 0.925. The zero-order chi connectivity index (χ0) is 12.7. The highest BCUT2D eigenvalue weighted by Crippen LogP contribution is 2.03. The maximum Gasteiger partial charge on any atom is 0.331 e. The Labute approximate surface area is 93.9 Å². The summed E-state index contributed by atoms with van der Waals surface area (Å²) in [6, 6.07) is 0. The summed E-state index contributed by atoms with van der Waals surface area (Å²) in [6.45, 7) is 2.90. The SMILES string of the molecule is COCC(O)CNC(=O)C(C)=C(C)C(=O)O. The number of carboxylic acid groups (broad SMARTS) is 1. The largest absolute Gasteiger partial charge is 0.478 e. The first-order valence-electron chi connectivity index (χ1n) is 4.76. The third kappa shape index (κ3) is 4.90. The normalized spacial score (nSPS) is 14.0. The molecule has 16 heavy (non-hydrogen) atoms. The first-order chi connectivity index (χ1) is 7.40. The minimum absolute atomic E-state index is 0.0151. The second-order valence-corrected chi connectivity index (χ2v) is 3.37. The Bertz CT molecular complexity index is 298. The van der Waals surface area contributed by atoms with E-state index in [2.05, 4.69) is 10.1 Å². The van der Waals surface area contributed by atoms with Crippen LogP contribution in [0, 0.1) is 0 Å². The molecule has 0 aliphatic carbocycles. The molecule has 0 heterocycles. The standard InChI is InChI=1S/C10H17NO5/c1-6(7(2)10(14)15)9(13)11-4-8(12)5-16-3/h8,12H,4-5H2,1-3H3,(H,11,13)(H,14,15). The molecule has 0 rings (SSSR count). The molecule has 1 atom stereocenters. The van der Waals surface area contributed by atoms with Gasteiger partial charge in [0.15, 0.2) is 0 Å². The van der Waals surface area contributed by atoms with E-state index >= 15 is 0 Å². The minimum atomic E-state index is -1.13. The number of carbonyl (C=O) groups excluding carboxylic acids is 1. The smallest absolute Gasteiger partial charge is 0.331 e. The third-order valence-corrected chi connectivity index (χ3v) is 2.08. The van der Waals surface area contributed by atoms with Gasteiger partial charge in [0.25, 0.3) is 0 Å². The number of rotatable bonds is 6. The summed E-state index contributed by atoms with van der Waals surface area (Å²) in [5, 5.41) is 20.3. The number of aliphatic hydroxyl groups is 1. The van der Waals surface area contributed by atoms with Gasteiger partial charge in [-0.15, -0.1) is 0 Å². The average Bonchev–Trinajstić information content (AvgIpc) is 2.24. The average molecular weight is 231 g/mol. The van der Waals surface area contributed by atoms with Crippen LogP contribution in [0.2, 0.25) is 0 Å². The monoisotopic (exact) mass is 231 g/mol. The van der Waals surface area contributed by atoms with Crippen LogP contribution in [0.5, 0.6) is 0 Å². The highest BCUT2D eigenvalue weighted by Gasteiger charge is 2.13. The molecule has 0 aromatic rings. The molecule has 6 nitrogen and oxygen atoms in total. The van der Waals surface area contributed by atoms with Crippen molar-refractivity contribution in [2.24, 2.45) is 0 Å². The predicted molar refractivity (Wildman–Crippen MR) is 56.9 cm³/mol. The molecule has 0 bridgehead atoms. The van der Waals surface area contributed by atoms with E-state index < -0.39 is 18.0 Å². The van der Waals surface area contributed by atoms with Crippen LogP contribution >= 0.6 is 0 Å². The summed E-state index contributed by atoms with van der Waals surface area (Å²) in [4.78, 5) is 22.0. The van der Waals surface area contributed by atoms with Gasteiger partial charge < -0.3 is 20.3 Å². The first-order valence-corrected chi connectivity index (χ1v) is 4.76. The molecule has 0 aliphatic heterocycles. The van der Waals surface area contributed by atoms with Crippen LogP contribution < -0.4 is 5.32 Å². The molecule has 0 spiro atoms. The molecule has 0 radical (unpaired) electrons. The van der Waals surface area contributed by atoms with E-state index in [1.54, 1.807) is 0 Å².